The number of hydrogen-bond acceptors (Lipinski definition) is 4. The number of amides is 2. The summed E-state index contributed by atoms with van der Waals surface area (Å²) < 4.78 is 15.8. The van der Waals surface area contributed by atoms with Crippen molar-refractivity contribution in [2.45, 2.75) is 0 Å². The molecule has 0 saturated heterocycles. The minimum Gasteiger partial charge on any atom is -0.267 e. The summed E-state index contributed by atoms with van der Waals surface area (Å²) in [5, 5.41) is 3.96. The maximum absolute atomic E-state index is 13.7. The molecule has 0 aliphatic carbocycles. The van der Waals surface area contributed by atoms with Crippen molar-refractivity contribution in [2.24, 2.45) is 0 Å². The number of rotatable bonds is 3. The van der Waals surface area contributed by atoms with Gasteiger partial charge in [-0.3, -0.25) is 20.4 Å². The molecule has 2 heterocycles. The third-order valence-corrected chi connectivity index (χ3v) is 4.65. The Hall–Kier alpha value is -2.52. The van der Waals surface area contributed by atoms with Crippen molar-refractivity contribution in [2.75, 3.05) is 0 Å². The molecule has 0 aliphatic rings. The van der Waals surface area contributed by atoms with Crippen LogP contribution in [0.4, 0.5) is 4.39 Å². The van der Waals surface area contributed by atoms with Crippen LogP contribution in [0.25, 0.3) is 5.69 Å². The monoisotopic (exact) mass is 408 g/mol. The van der Waals surface area contributed by atoms with E-state index in [1.54, 1.807) is 30.3 Å². The van der Waals surface area contributed by atoms with E-state index in [0.717, 1.165) is 3.79 Å². The molecule has 0 radical (unpaired) electrons. The minimum atomic E-state index is -0.554. The van der Waals surface area contributed by atoms with Crippen LogP contribution in [0.1, 0.15) is 20.0 Å². The zero-order valence-electron chi connectivity index (χ0n) is 12.0. The van der Waals surface area contributed by atoms with Crippen LogP contribution in [0.3, 0.4) is 0 Å². The van der Waals surface area contributed by atoms with E-state index in [1.807, 2.05) is 0 Å². The Morgan fingerprint density at radius 3 is 2.58 bits per heavy atom. The highest BCUT2D eigenvalue weighted by Crippen LogP contribution is 2.21. The first kappa shape index (κ1) is 16.3. The first-order valence-electron chi connectivity index (χ1n) is 6.70. The quantitative estimate of drug-likeness (QED) is 0.654. The number of hydrogen-bond donors (Lipinski definition) is 2. The Balaban J connectivity index is 1.66. The molecule has 2 N–H and O–H groups in total. The molecule has 0 fully saturated rings. The van der Waals surface area contributed by atoms with Gasteiger partial charge in [-0.25, -0.2) is 9.07 Å². The van der Waals surface area contributed by atoms with Gasteiger partial charge < -0.3 is 0 Å². The van der Waals surface area contributed by atoms with E-state index in [-0.39, 0.29) is 11.3 Å². The fourth-order valence-corrected chi connectivity index (χ4v) is 3.17. The van der Waals surface area contributed by atoms with Gasteiger partial charge in [-0.2, -0.15) is 5.10 Å². The second-order valence-corrected chi connectivity index (χ2v) is 7.10. The van der Waals surface area contributed by atoms with Crippen molar-refractivity contribution in [3.8, 4) is 5.69 Å². The van der Waals surface area contributed by atoms with Crippen molar-refractivity contribution in [1.82, 2.24) is 20.6 Å². The van der Waals surface area contributed by atoms with Gasteiger partial charge in [-0.15, -0.1) is 11.3 Å². The van der Waals surface area contributed by atoms with Crippen LogP contribution in [0.2, 0.25) is 0 Å². The molecular formula is C15H10BrFN4O2S. The lowest BCUT2D eigenvalue weighted by Gasteiger charge is -2.04. The van der Waals surface area contributed by atoms with Crippen molar-refractivity contribution in [3.05, 3.63) is 68.8 Å². The van der Waals surface area contributed by atoms with Gasteiger partial charge in [0.05, 0.1) is 20.4 Å². The van der Waals surface area contributed by atoms with E-state index in [4.69, 9.17) is 0 Å². The molecule has 0 atom stereocenters. The molecule has 1 aromatic carbocycles. The lowest BCUT2D eigenvalue weighted by Crippen LogP contribution is -2.41. The zero-order chi connectivity index (χ0) is 17.1. The Bertz CT molecular complexity index is 908. The maximum atomic E-state index is 13.7. The lowest BCUT2D eigenvalue weighted by atomic mass is 10.3. The molecule has 9 heteroatoms. The Morgan fingerprint density at radius 2 is 1.88 bits per heavy atom. The number of carbonyl (C=O) groups excluding carboxylic acids is 2. The third kappa shape index (κ3) is 3.52. The van der Waals surface area contributed by atoms with Gasteiger partial charge in [-0.1, -0.05) is 12.1 Å². The molecule has 3 rings (SSSR count). The van der Waals surface area contributed by atoms with E-state index in [2.05, 4.69) is 31.9 Å². The number of benzene rings is 1. The number of nitrogens with one attached hydrogen (secondary N) is 2. The van der Waals surface area contributed by atoms with Crippen LogP contribution in [0.15, 0.2) is 52.6 Å². The highest BCUT2D eigenvalue weighted by atomic mass is 79.9. The van der Waals surface area contributed by atoms with Gasteiger partial charge in [0.15, 0.2) is 0 Å². The molecule has 3 aromatic rings. The number of hydrazine groups is 1. The number of halogens is 2. The van der Waals surface area contributed by atoms with E-state index in [9.17, 15) is 14.0 Å². The molecule has 0 unspecified atom stereocenters. The number of nitrogens with zero attached hydrogens (tertiary/aromatic N) is 2. The van der Waals surface area contributed by atoms with Gasteiger partial charge in [-0.05, 0) is 40.2 Å². The maximum Gasteiger partial charge on any atom is 0.279 e. The summed E-state index contributed by atoms with van der Waals surface area (Å²) in [6.07, 6.45) is 2.66. The first-order valence-corrected chi connectivity index (χ1v) is 8.31. The van der Waals surface area contributed by atoms with Gasteiger partial charge >= 0.3 is 0 Å². The molecule has 0 bridgehead atoms. The number of thiophene rings is 1. The van der Waals surface area contributed by atoms with Crippen LogP contribution in [-0.2, 0) is 0 Å². The second-order valence-electron chi connectivity index (χ2n) is 4.64. The van der Waals surface area contributed by atoms with Gasteiger partial charge in [0.25, 0.3) is 11.8 Å². The molecule has 0 aliphatic heterocycles. The van der Waals surface area contributed by atoms with Crippen LogP contribution < -0.4 is 10.9 Å². The molecule has 2 aromatic heterocycles. The number of aromatic nitrogens is 2. The lowest BCUT2D eigenvalue weighted by molar-refractivity contribution is 0.0849. The first-order chi connectivity index (χ1) is 11.5. The van der Waals surface area contributed by atoms with Crippen molar-refractivity contribution < 1.29 is 14.0 Å². The molecule has 6 nitrogen and oxygen atoms in total. The van der Waals surface area contributed by atoms with Crippen molar-refractivity contribution in [3.63, 3.8) is 0 Å². The van der Waals surface area contributed by atoms with Crippen molar-refractivity contribution in [1.29, 1.82) is 0 Å². The summed E-state index contributed by atoms with van der Waals surface area (Å²) in [5.74, 6) is -1.44. The summed E-state index contributed by atoms with van der Waals surface area (Å²) in [6.45, 7) is 0. The van der Waals surface area contributed by atoms with E-state index in [1.165, 1.54) is 34.5 Å². The molecule has 2 amide bonds. The summed E-state index contributed by atoms with van der Waals surface area (Å²) in [4.78, 5) is 24.3. The molecule has 0 saturated carbocycles. The van der Waals surface area contributed by atoms with Gasteiger partial charge in [0.2, 0.25) is 0 Å². The molecule has 0 spiro atoms. The predicted octanol–water partition coefficient (Wildman–Crippen LogP) is 2.91. The normalized spacial score (nSPS) is 10.4. The average molecular weight is 409 g/mol. The Morgan fingerprint density at radius 1 is 1.12 bits per heavy atom. The zero-order valence-corrected chi connectivity index (χ0v) is 14.4. The summed E-state index contributed by atoms with van der Waals surface area (Å²) in [5.41, 5.74) is 5.01. The predicted molar refractivity (Wildman–Crippen MR) is 90.5 cm³/mol. The standard InChI is InChI=1S/C15H10BrFN4O2S/c16-13-6-5-12(24-13)15(23)20-19-14(22)9-7-18-21(8-9)11-4-2-1-3-10(11)17/h1-8H,(H,19,22)(H,20,23). The summed E-state index contributed by atoms with van der Waals surface area (Å²) in [6, 6.07) is 9.44. The summed E-state index contributed by atoms with van der Waals surface area (Å²) >= 11 is 4.50. The number of carbonyl (C=O) groups is 2. The van der Waals surface area contributed by atoms with E-state index < -0.39 is 17.6 Å². The van der Waals surface area contributed by atoms with E-state index in [0.29, 0.717) is 4.88 Å². The topological polar surface area (TPSA) is 76.0 Å². The molecular weight excluding hydrogens is 399 g/mol. The minimum absolute atomic E-state index is 0.186. The van der Waals surface area contributed by atoms with Crippen molar-refractivity contribution >= 4 is 39.1 Å². The van der Waals surface area contributed by atoms with Gasteiger partial charge in [0, 0.05) is 6.20 Å². The number of para-hydroxylation sites is 1. The highest BCUT2D eigenvalue weighted by molar-refractivity contribution is 9.11. The fraction of sp³-hybridized carbons (Fsp3) is 0. The Kier molecular flexibility index (Phi) is 4.72. The smallest absolute Gasteiger partial charge is 0.267 e. The molecule has 24 heavy (non-hydrogen) atoms. The SMILES string of the molecule is O=C(NNC(=O)c1ccc(Br)s1)c1cnn(-c2ccccc2F)c1. The highest BCUT2D eigenvalue weighted by Gasteiger charge is 2.13. The van der Waals surface area contributed by atoms with Crippen LogP contribution in [-0.4, -0.2) is 21.6 Å². The second kappa shape index (κ2) is 6.93. The van der Waals surface area contributed by atoms with Gasteiger partial charge in [0.1, 0.15) is 11.5 Å². The average Bonchev–Trinajstić information content (AvgIpc) is 3.22. The third-order valence-electron chi connectivity index (χ3n) is 3.03. The summed E-state index contributed by atoms with van der Waals surface area (Å²) in [7, 11) is 0. The largest absolute Gasteiger partial charge is 0.279 e. The molecule has 122 valence electrons. The van der Waals surface area contributed by atoms with Crippen LogP contribution in [0.5, 0.6) is 0 Å². The fourth-order valence-electron chi connectivity index (χ4n) is 1.89. The van der Waals surface area contributed by atoms with Crippen LogP contribution >= 0.6 is 27.3 Å². The van der Waals surface area contributed by atoms with E-state index >= 15 is 0 Å². The van der Waals surface area contributed by atoms with Crippen LogP contribution in [0, 0.1) is 5.82 Å². The Labute approximate surface area is 148 Å².